The van der Waals surface area contributed by atoms with E-state index in [-0.39, 0.29) is 0 Å². The third-order valence-electron chi connectivity index (χ3n) is 2.73. The first-order valence-electron chi connectivity index (χ1n) is 6.46. The van der Waals surface area contributed by atoms with E-state index < -0.39 is 11.7 Å². The average Bonchev–Trinajstić information content (AvgIpc) is 2.91. The first-order chi connectivity index (χ1) is 9.56. The lowest BCUT2D eigenvalue weighted by Gasteiger charge is -2.09. The minimum absolute atomic E-state index is 0.334. The number of hydrogen-bond donors (Lipinski definition) is 1. The first kappa shape index (κ1) is 15.8. The van der Waals surface area contributed by atoms with Crippen LogP contribution in [0.25, 0.3) is 10.9 Å². The number of rotatable bonds is 3. The molecule has 1 aromatic carbocycles. The molecule has 0 unspecified atom stereocenters. The Morgan fingerprint density at radius 1 is 1.20 bits per heavy atom. The zero-order valence-corrected chi connectivity index (χ0v) is 12.5. The maximum absolute atomic E-state index is 12.1. The van der Waals surface area contributed by atoms with Crippen LogP contribution in [0.5, 0.6) is 5.75 Å². The lowest BCUT2D eigenvalue weighted by molar-refractivity contribution is -0.124. The van der Waals surface area contributed by atoms with Crippen molar-refractivity contribution in [3.05, 3.63) is 30.0 Å². The predicted octanol–water partition coefficient (Wildman–Crippen LogP) is 2.47. The molecule has 1 heterocycles. The van der Waals surface area contributed by atoms with Crippen molar-refractivity contribution in [2.75, 3.05) is 21.2 Å². The lowest BCUT2D eigenvalue weighted by atomic mass is 10.1. The summed E-state index contributed by atoms with van der Waals surface area (Å²) in [6, 6.07) is 5.40. The van der Waals surface area contributed by atoms with Crippen LogP contribution in [-0.2, 0) is 4.79 Å². The Hall–Kier alpha value is -2.30. The van der Waals surface area contributed by atoms with Gasteiger partial charge in [0, 0.05) is 25.8 Å². The van der Waals surface area contributed by atoms with Crippen LogP contribution in [0.3, 0.4) is 0 Å². The smallest absolute Gasteiger partial charge is 0.294 e. The van der Waals surface area contributed by atoms with E-state index in [1.165, 1.54) is 18.2 Å². The maximum atomic E-state index is 12.1. The van der Waals surface area contributed by atoms with Gasteiger partial charge in [-0.3, -0.25) is 9.59 Å². The Balaban J connectivity index is 0.000000956. The summed E-state index contributed by atoms with van der Waals surface area (Å²) in [5.41, 5.74) is 1.10. The molecular weight excluding hydrogens is 256 g/mol. The van der Waals surface area contributed by atoms with Gasteiger partial charge < -0.3 is 14.6 Å². The van der Waals surface area contributed by atoms with Crippen LogP contribution in [0.1, 0.15) is 24.2 Å². The molecule has 0 atom stereocenters. The van der Waals surface area contributed by atoms with Crippen molar-refractivity contribution in [1.82, 2.24) is 9.88 Å². The van der Waals surface area contributed by atoms with Crippen molar-refractivity contribution in [3.8, 4) is 5.75 Å². The molecule has 0 fully saturated rings. The highest BCUT2D eigenvalue weighted by Crippen LogP contribution is 2.28. The van der Waals surface area contributed by atoms with Crippen LogP contribution in [0, 0.1) is 0 Å². The topological polar surface area (TPSA) is 62.4 Å². The van der Waals surface area contributed by atoms with Crippen molar-refractivity contribution in [3.63, 3.8) is 0 Å². The third-order valence-corrected chi connectivity index (χ3v) is 2.73. The summed E-state index contributed by atoms with van der Waals surface area (Å²) in [5, 5.41) is 0.639. The number of nitrogens with one attached hydrogen (secondary N) is 1. The van der Waals surface area contributed by atoms with Gasteiger partial charge in [0.25, 0.3) is 11.7 Å². The van der Waals surface area contributed by atoms with Gasteiger partial charge in [-0.05, 0) is 12.1 Å². The second-order valence-electron chi connectivity index (χ2n) is 4.11. The molecule has 0 saturated heterocycles. The number of aromatic amines is 1. The zero-order valence-electron chi connectivity index (χ0n) is 12.5. The minimum Gasteiger partial charge on any atom is -0.496 e. The van der Waals surface area contributed by atoms with Gasteiger partial charge >= 0.3 is 0 Å². The third kappa shape index (κ3) is 2.82. The summed E-state index contributed by atoms with van der Waals surface area (Å²) < 4.78 is 5.22. The molecule has 2 aromatic rings. The molecule has 1 aromatic heterocycles. The predicted molar refractivity (Wildman–Crippen MR) is 79.2 cm³/mol. The van der Waals surface area contributed by atoms with Gasteiger partial charge in [-0.1, -0.05) is 19.9 Å². The van der Waals surface area contributed by atoms with E-state index in [0.717, 1.165) is 5.52 Å². The van der Waals surface area contributed by atoms with E-state index in [0.29, 0.717) is 16.7 Å². The normalized spacial score (nSPS) is 9.65. The number of aromatic nitrogens is 1. The molecule has 0 spiro atoms. The van der Waals surface area contributed by atoms with Crippen LogP contribution in [-0.4, -0.2) is 42.8 Å². The fraction of sp³-hybridized carbons (Fsp3) is 0.333. The number of ether oxygens (including phenoxy) is 1. The van der Waals surface area contributed by atoms with Crippen molar-refractivity contribution in [2.45, 2.75) is 13.8 Å². The highest BCUT2D eigenvalue weighted by molar-refractivity contribution is 6.45. The van der Waals surface area contributed by atoms with Gasteiger partial charge in [0.1, 0.15) is 5.75 Å². The molecule has 0 saturated carbocycles. The summed E-state index contributed by atoms with van der Waals surface area (Å²) in [6.45, 7) is 4.00. The quantitative estimate of drug-likeness (QED) is 0.692. The summed E-state index contributed by atoms with van der Waals surface area (Å²) in [6.07, 6.45) is 1.54. The number of nitrogens with zero attached hydrogens (tertiary/aromatic N) is 1. The molecule has 0 aliphatic heterocycles. The second kappa shape index (κ2) is 6.75. The van der Waals surface area contributed by atoms with E-state index >= 15 is 0 Å². The van der Waals surface area contributed by atoms with Gasteiger partial charge in [0.15, 0.2) is 0 Å². The number of hydrogen-bond acceptors (Lipinski definition) is 3. The molecule has 5 heteroatoms. The molecule has 108 valence electrons. The monoisotopic (exact) mass is 276 g/mol. The molecule has 0 bridgehead atoms. The standard InChI is InChI=1S/C13H14N2O3.C2H6/c1-15(2)13(17)12(16)8-7-14-9-5-4-6-10(18-3)11(8)9;1-2/h4-7,14H,1-3H3;1-2H3. The van der Waals surface area contributed by atoms with E-state index in [4.69, 9.17) is 4.74 Å². The van der Waals surface area contributed by atoms with Crippen molar-refractivity contribution >= 4 is 22.6 Å². The van der Waals surface area contributed by atoms with Gasteiger partial charge in [-0.15, -0.1) is 0 Å². The average molecular weight is 276 g/mol. The summed E-state index contributed by atoms with van der Waals surface area (Å²) >= 11 is 0. The molecule has 1 N–H and O–H groups in total. The molecule has 20 heavy (non-hydrogen) atoms. The van der Waals surface area contributed by atoms with Crippen LogP contribution in [0.15, 0.2) is 24.4 Å². The molecule has 2 rings (SSSR count). The number of Topliss-reactive ketones (excluding diaryl/α,β-unsaturated/α-hetero) is 1. The molecule has 0 aliphatic carbocycles. The molecule has 1 amide bonds. The van der Waals surface area contributed by atoms with Crippen LogP contribution < -0.4 is 4.74 Å². The van der Waals surface area contributed by atoms with Crippen LogP contribution >= 0.6 is 0 Å². The number of likely N-dealkylation sites (N-methyl/N-ethyl adjacent to an activating group) is 1. The van der Waals surface area contributed by atoms with Gasteiger partial charge in [0.2, 0.25) is 0 Å². The molecular formula is C15H20N2O3. The van der Waals surface area contributed by atoms with Crippen molar-refractivity contribution in [1.29, 1.82) is 0 Å². The fourth-order valence-electron chi connectivity index (χ4n) is 1.82. The summed E-state index contributed by atoms with van der Waals surface area (Å²) in [4.78, 5) is 28.0. The number of benzene rings is 1. The lowest BCUT2D eigenvalue weighted by Crippen LogP contribution is -2.29. The number of methoxy groups -OCH3 is 1. The molecule has 0 radical (unpaired) electrons. The Morgan fingerprint density at radius 2 is 1.85 bits per heavy atom. The maximum Gasteiger partial charge on any atom is 0.294 e. The highest BCUT2D eigenvalue weighted by atomic mass is 16.5. The Bertz CT molecular complexity index is 615. The van der Waals surface area contributed by atoms with Crippen LogP contribution in [0.4, 0.5) is 0 Å². The molecule has 5 nitrogen and oxygen atoms in total. The van der Waals surface area contributed by atoms with Crippen LogP contribution in [0.2, 0.25) is 0 Å². The number of H-pyrrole nitrogens is 1. The van der Waals surface area contributed by atoms with Gasteiger partial charge in [-0.2, -0.15) is 0 Å². The minimum atomic E-state index is -0.554. The van der Waals surface area contributed by atoms with Gasteiger partial charge in [-0.25, -0.2) is 0 Å². The summed E-state index contributed by atoms with van der Waals surface area (Å²) in [5.74, 6) is -0.527. The number of amides is 1. The van der Waals surface area contributed by atoms with Crippen molar-refractivity contribution < 1.29 is 14.3 Å². The van der Waals surface area contributed by atoms with E-state index in [1.807, 2.05) is 26.0 Å². The summed E-state index contributed by atoms with van der Waals surface area (Å²) in [7, 11) is 4.63. The van der Waals surface area contributed by atoms with Crippen molar-refractivity contribution in [2.24, 2.45) is 0 Å². The first-order valence-corrected chi connectivity index (χ1v) is 6.46. The largest absolute Gasteiger partial charge is 0.496 e. The number of carbonyl (C=O) groups excluding carboxylic acids is 2. The SMILES string of the molecule is CC.COc1cccc2[nH]cc(C(=O)C(=O)N(C)C)c12. The second-order valence-corrected chi connectivity index (χ2v) is 4.11. The van der Waals surface area contributed by atoms with E-state index in [9.17, 15) is 9.59 Å². The number of carbonyl (C=O) groups is 2. The zero-order chi connectivity index (χ0) is 15.3. The number of ketones is 1. The highest BCUT2D eigenvalue weighted by Gasteiger charge is 2.23. The Morgan fingerprint density at radius 3 is 2.40 bits per heavy atom. The van der Waals surface area contributed by atoms with Gasteiger partial charge in [0.05, 0.1) is 18.1 Å². The Labute approximate surface area is 118 Å². The number of fused-ring (bicyclic) bond motifs is 1. The van der Waals surface area contributed by atoms with E-state index in [1.54, 1.807) is 20.2 Å². The fourth-order valence-corrected chi connectivity index (χ4v) is 1.82. The Kier molecular flexibility index (Phi) is 5.32. The molecule has 0 aliphatic rings. The van der Waals surface area contributed by atoms with E-state index in [2.05, 4.69) is 4.98 Å².